The largest absolute Gasteiger partial charge is 0.479 e. The predicted octanol–water partition coefficient (Wildman–Crippen LogP) is 2.20. The third kappa shape index (κ3) is 3.70. The molecule has 22 heavy (non-hydrogen) atoms. The van der Waals surface area contributed by atoms with Gasteiger partial charge in [-0.25, -0.2) is 13.4 Å². The maximum absolute atomic E-state index is 13.3. The summed E-state index contributed by atoms with van der Waals surface area (Å²) < 4.78 is 40.9. The van der Waals surface area contributed by atoms with Crippen molar-refractivity contribution in [2.24, 2.45) is 0 Å². The molecular formula is C14H16FN3O3S. The van der Waals surface area contributed by atoms with Gasteiger partial charge < -0.3 is 10.1 Å². The standard InChI is InChI=1S/C14H16FN3O3S/c1-9(10-4-6-11(7-5-10)22(3,19)20)17-14-16-8-12(15)13(18-14)21-2/h4-9H,1-3H3,(H,16,17,18). The number of benzene rings is 1. The molecule has 0 fully saturated rings. The van der Waals surface area contributed by atoms with Crippen LogP contribution >= 0.6 is 0 Å². The zero-order chi connectivity index (χ0) is 16.3. The van der Waals surface area contributed by atoms with Gasteiger partial charge in [0, 0.05) is 6.26 Å². The summed E-state index contributed by atoms with van der Waals surface area (Å²) >= 11 is 0. The van der Waals surface area contributed by atoms with Crippen molar-refractivity contribution in [3.63, 3.8) is 0 Å². The van der Waals surface area contributed by atoms with Gasteiger partial charge in [0.15, 0.2) is 9.84 Å². The molecule has 1 atom stereocenters. The van der Waals surface area contributed by atoms with E-state index >= 15 is 0 Å². The minimum absolute atomic E-state index is 0.142. The first-order chi connectivity index (χ1) is 10.3. The third-order valence-corrected chi connectivity index (χ3v) is 4.19. The van der Waals surface area contributed by atoms with Gasteiger partial charge in [-0.15, -0.1) is 0 Å². The van der Waals surface area contributed by atoms with Crippen LogP contribution in [0.3, 0.4) is 0 Å². The van der Waals surface area contributed by atoms with E-state index in [0.29, 0.717) is 0 Å². The maximum Gasteiger partial charge on any atom is 0.255 e. The van der Waals surface area contributed by atoms with Gasteiger partial charge in [0.05, 0.1) is 24.2 Å². The topological polar surface area (TPSA) is 81.2 Å². The summed E-state index contributed by atoms with van der Waals surface area (Å²) in [6.45, 7) is 1.86. The van der Waals surface area contributed by atoms with Crippen molar-refractivity contribution in [1.29, 1.82) is 0 Å². The molecule has 0 amide bonds. The first kappa shape index (κ1) is 16.2. The molecule has 0 aliphatic rings. The molecule has 1 aromatic heterocycles. The number of nitrogens with one attached hydrogen (secondary N) is 1. The Bertz CT molecular complexity index is 763. The fraction of sp³-hybridized carbons (Fsp3) is 0.286. The number of ether oxygens (including phenoxy) is 1. The zero-order valence-electron chi connectivity index (χ0n) is 12.4. The van der Waals surface area contributed by atoms with Gasteiger partial charge in [-0.05, 0) is 24.6 Å². The van der Waals surface area contributed by atoms with E-state index in [2.05, 4.69) is 15.3 Å². The second-order valence-electron chi connectivity index (χ2n) is 4.76. The number of halogens is 1. The van der Waals surface area contributed by atoms with Crippen molar-refractivity contribution < 1.29 is 17.5 Å². The zero-order valence-corrected chi connectivity index (χ0v) is 13.2. The molecular weight excluding hydrogens is 309 g/mol. The highest BCUT2D eigenvalue weighted by molar-refractivity contribution is 7.90. The molecule has 0 radical (unpaired) electrons. The van der Waals surface area contributed by atoms with Crippen molar-refractivity contribution in [3.05, 3.63) is 41.8 Å². The summed E-state index contributed by atoms with van der Waals surface area (Å²) in [6, 6.07) is 6.29. The molecule has 1 N–H and O–H groups in total. The molecule has 0 saturated carbocycles. The Morgan fingerprint density at radius 2 is 1.91 bits per heavy atom. The normalized spacial score (nSPS) is 12.7. The maximum atomic E-state index is 13.3. The second kappa shape index (κ2) is 6.27. The summed E-state index contributed by atoms with van der Waals surface area (Å²) in [6.07, 6.45) is 2.18. The van der Waals surface area contributed by atoms with E-state index in [9.17, 15) is 12.8 Å². The molecule has 0 bridgehead atoms. The SMILES string of the molecule is COc1nc(NC(C)c2ccc(S(C)(=O)=O)cc2)ncc1F. The van der Waals surface area contributed by atoms with Gasteiger partial charge in [0.25, 0.3) is 5.88 Å². The van der Waals surface area contributed by atoms with Crippen LogP contribution in [0.15, 0.2) is 35.4 Å². The number of hydrogen-bond acceptors (Lipinski definition) is 6. The number of rotatable bonds is 5. The Balaban J connectivity index is 2.17. The summed E-state index contributed by atoms with van der Waals surface area (Å²) in [7, 11) is -1.90. The summed E-state index contributed by atoms with van der Waals surface area (Å²) in [4.78, 5) is 7.99. The number of anilines is 1. The lowest BCUT2D eigenvalue weighted by Crippen LogP contribution is -2.10. The Hall–Kier alpha value is -2.22. The Kier molecular flexibility index (Phi) is 4.60. The summed E-state index contributed by atoms with van der Waals surface area (Å²) in [5.41, 5.74) is 0.847. The van der Waals surface area contributed by atoms with Crippen molar-refractivity contribution in [1.82, 2.24) is 9.97 Å². The van der Waals surface area contributed by atoms with E-state index in [-0.39, 0.29) is 22.8 Å². The number of hydrogen-bond donors (Lipinski definition) is 1. The van der Waals surface area contributed by atoms with Crippen molar-refractivity contribution in [2.45, 2.75) is 17.9 Å². The number of sulfone groups is 1. The molecule has 2 aromatic rings. The van der Waals surface area contributed by atoms with E-state index in [1.165, 1.54) is 19.2 Å². The highest BCUT2D eigenvalue weighted by Crippen LogP contribution is 2.21. The molecule has 2 rings (SSSR count). The van der Waals surface area contributed by atoms with Crippen molar-refractivity contribution in [3.8, 4) is 5.88 Å². The molecule has 118 valence electrons. The van der Waals surface area contributed by atoms with E-state index in [4.69, 9.17) is 4.74 Å². The fourth-order valence-electron chi connectivity index (χ4n) is 1.84. The van der Waals surface area contributed by atoms with Gasteiger partial charge in [-0.3, -0.25) is 0 Å². The van der Waals surface area contributed by atoms with Crippen LogP contribution in [0.2, 0.25) is 0 Å². The molecule has 0 aliphatic carbocycles. The first-order valence-electron chi connectivity index (χ1n) is 6.44. The lowest BCUT2D eigenvalue weighted by atomic mass is 10.1. The third-order valence-electron chi connectivity index (χ3n) is 3.06. The molecule has 1 unspecified atom stereocenters. The van der Waals surface area contributed by atoms with Gasteiger partial charge in [-0.1, -0.05) is 12.1 Å². The molecule has 6 nitrogen and oxygen atoms in total. The Labute approximate surface area is 128 Å². The molecule has 1 aromatic carbocycles. The van der Waals surface area contributed by atoms with Crippen molar-refractivity contribution >= 4 is 15.8 Å². The van der Waals surface area contributed by atoms with E-state index in [1.807, 2.05) is 6.92 Å². The van der Waals surface area contributed by atoms with Crippen LogP contribution in [0.25, 0.3) is 0 Å². The monoisotopic (exact) mass is 325 g/mol. The Morgan fingerprint density at radius 3 is 2.45 bits per heavy atom. The van der Waals surface area contributed by atoms with Gasteiger partial charge in [-0.2, -0.15) is 9.37 Å². The summed E-state index contributed by atoms with van der Waals surface area (Å²) in [5, 5.41) is 3.00. The van der Waals surface area contributed by atoms with Crippen LogP contribution in [0.5, 0.6) is 5.88 Å². The highest BCUT2D eigenvalue weighted by atomic mass is 32.2. The van der Waals surface area contributed by atoms with Crippen molar-refractivity contribution in [2.75, 3.05) is 18.7 Å². The second-order valence-corrected chi connectivity index (χ2v) is 6.77. The number of methoxy groups -OCH3 is 1. The van der Waals surface area contributed by atoms with Gasteiger partial charge >= 0.3 is 0 Å². The highest BCUT2D eigenvalue weighted by Gasteiger charge is 2.12. The quantitative estimate of drug-likeness (QED) is 0.907. The average molecular weight is 325 g/mol. The first-order valence-corrected chi connectivity index (χ1v) is 8.33. The average Bonchev–Trinajstić information content (AvgIpc) is 2.48. The Morgan fingerprint density at radius 1 is 1.27 bits per heavy atom. The minimum atomic E-state index is -3.22. The van der Waals surface area contributed by atoms with Gasteiger partial charge in [0.1, 0.15) is 0 Å². The number of nitrogens with zero attached hydrogens (tertiary/aromatic N) is 2. The lowest BCUT2D eigenvalue weighted by molar-refractivity contribution is 0.367. The van der Waals surface area contributed by atoms with Crippen LogP contribution in [-0.2, 0) is 9.84 Å². The van der Waals surface area contributed by atoms with Crippen LogP contribution in [-0.4, -0.2) is 31.8 Å². The van der Waals surface area contributed by atoms with Crippen LogP contribution in [0.4, 0.5) is 10.3 Å². The molecule has 1 heterocycles. The predicted molar refractivity (Wildman–Crippen MR) is 80.1 cm³/mol. The van der Waals surface area contributed by atoms with Crippen LogP contribution in [0, 0.1) is 5.82 Å². The minimum Gasteiger partial charge on any atom is -0.479 e. The van der Waals surface area contributed by atoms with E-state index in [1.54, 1.807) is 12.1 Å². The smallest absolute Gasteiger partial charge is 0.255 e. The van der Waals surface area contributed by atoms with Gasteiger partial charge in [0.2, 0.25) is 11.8 Å². The summed E-state index contributed by atoms with van der Waals surface area (Å²) in [5.74, 6) is -0.562. The fourth-order valence-corrected chi connectivity index (χ4v) is 2.48. The van der Waals surface area contributed by atoms with E-state index < -0.39 is 15.7 Å². The van der Waals surface area contributed by atoms with Crippen LogP contribution in [0.1, 0.15) is 18.5 Å². The molecule has 0 spiro atoms. The van der Waals surface area contributed by atoms with Crippen LogP contribution < -0.4 is 10.1 Å². The molecule has 8 heteroatoms. The lowest BCUT2D eigenvalue weighted by Gasteiger charge is -2.15. The molecule has 0 saturated heterocycles. The molecule has 0 aliphatic heterocycles. The number of aromatic nitrogens is 2. The van der Waals surface area contributed by atoms with E-state index in [0.717, 1.165) is 18.0 Å².